The van der Waals surface area contributed by atoms with E-state index in [2.05, 4.69) is 10.3 Å². The molecule has 0 aromatic heterocycles. The Hall–Kier alpha value is -1.30. The molecule has 0 rings (SSSR count). The lowest BCUT2D eigenvalue weighted by Gasteiger charge is -1.97. The fraction of sp³-hybridized carbons (Fsp3) is 0.600. The van der Waals surface area contributed by atoms with Gasteiger partial charge >= 0.3 is 0 Å². The zero-order chi connectivity index (χ0) is 8.69. The predicted octanol–water partition coefficient (Wildman–Crippen LogP) is -1.58. The van der Waals surface area contributed by atoms with E-state index in [-0.39, 0.29) is 24.8 Å². The van der Waals surface area contributed by atoms with Crippen LogP contribution in [0.15, 0.2) is 4.99 Å². The molecule has 0 heterocycles. The van der Waals surface area contributed by atoms with Crippen molar-refractivity contribution in [1.82, 2.24) is 10.8 Å². The second-order valence-electron chi connectivity index (χ2n) is 1.80. The van der Waals surface area contributed by atoms with Crippen LogP contribution in [0, 0.1) is 0 Å². The van der Waals surface area contributed by atoms with Crippen molar-refractivity contribution in [3.8, 4) is 0 Å². The number of guanidine groups is 1. The lowest BCUT2D eigenvalue weighted by Crippen LogP contribution is -2.29. The van der Waals surface area contributed by atoms with E-state index in [1.165, 1.54) is 0 Å². The smallest absolute Gasteiger partial charge is 0.221 e. The van der Waals surface area contributed by atoms with Crippen molar-refractivity contribution in [3.05, 3.63) is 0 Å². The number of amides is 1. The van der Waals surface area contributed by atoms with Crippen molar-refractivity contribution in [2.24, 2.45) is 10.7 Å². The second kappa shape index (κ2) is 5.48. The largest absolute Gasteiger partial charge is 0.368 e. The number of hydrogen-bond acceptors (Lipinski definition) is 3. The Balaban J connectivity index is 3.48. The summed E-state index contributed by atoms with van der Waals surface area (Å²) in [5.74, 6) is -0.201. The van der Waals surface area contributed by atoms with Gasteiger partial charge in [-0.25, -0.2) is 5.48 Å². The fourth-order valence-electron chi connectivity index (χ4n) is 0.438. The molecule has 0 aromatic carbocycles. The number of nitrogens with two attached hydrogens (primary N) is 1. The van der Waals surface area contributed by atoms with E-state index in [4.69, 9.17) is 10.9 Å². The topological polar surface area (TPSA) is 99.7 Å². The summed E-state index contributed by atoms with van der Waals surface area (Å²) in [5.41, 5.74) is 6.71. The van der Waals surface area contributed by atoms with Gasteiger partial charge in [0.15, 0.2) is 0 Å². The van der Waals surface area contributed by atoms with Crippen LogP contribution in [0.25, 0.3) is 0 Å². The Morgan fingerprint density at radius 1 is 1.73 bits per heavy atom. The molecule has 0 fully saturated rings. The van der Waals surface area contributed by atoms with Crippen LogP contribution in [0.5, 0.6) is 0 Å². The summed E-state index contributed by atoms with van der Waals surface area (Å²) in [6.45, 7) is 0.263. The van der Waals surface area contributed by atoms with Crippen molar-refractivity contribution < 1.29 is 10.0 Å². The number of carbonyl (C=O) groups is 1. The molecule has 6 nitrogen and oxygen atoms in total. The van der Waals surface area contributed by atoms with Crippen LogP contribution in [-0.4, -0.2) is 30.7 Å². The average molecular weight is 160 g/mol. The van der Waals surface area contributed by atoms with Crippen LogP contribution in [0.2, 0.25) is 0 Å². The maximum Gasteiger partial charge on any atom is 0.221 e. The van der Waals surface area contributed by atoms with Crippen molar-refractivity contribution in [3.63, 3.8) is 0 Å². The zero-order valence-corrected chi connectivity index (χ0v) is 6.29. The number of nitrogens with one attached hydrogen (secondary N) is 2. The van der Waals surface area contributed by atoms with Crippen LogP contribution in [0.3, 0.4) is 0 Å². The van der Waals surface area contributed by atoms with E-state index < -0.39 is 0 Å². The number of carbonyl (C=O) groups excluding carboxylic acids is 1. The highest BCUT2D eigenvalue weighted by Crippen LogP contribution is 1.79. The Morgan fingerprint density at radius 2 is 2.36 bits per heavy atom. The summed E-state index contributed by atoms with van der Waals surface area (Å²) in [4.78, 5) is 14.2. The highest BCUT2D eigenvalue weighted by Gasteiger charge is 1.95. The van der Waals surface area contributed by atoms with Crippen LogP contribution in [0.1, 0.15) is 6.42 Å². The Bertz CT molecular complexity index is 157. The fourth-order valence-corrected chi connectivity index (χ4v) is 0.438. The lowest BCUT2D eigenvalue weighted by molar-refractivity contribution is -0.120. The molecular formula is C5H12N4O2. The first-order valence-electron chi connectivity index (χ1n) is 3.11. The molecule has 0 aromatic rings. The van der Waals surface area contributed by atoms with Gasteiger partial charge in [-0.1, -0.05) is 0 Å². The molecule has 6 heteroatoms. The predicted molar refractivity (Wildman–Crippen MR) is 40.1 cm³/mol. The molecule has 1 amide bonds. The van der Waals surface area contributed by atoms with Crippen molar-refractivity contribution in [2.75, 3.05) is 13.6 Å². The van der Waals surface area contributed by atoms with Gasteiger partial charge in [0.2, 0.25) is 11.9 Å². The minimum absolute atomic E-state index is 0.0890. The standard InChI is InChI=1S/C5H12N4O2/c1-7-4(10)2-3-8-5(6)9-11/h11H,2-3H2,1H3,(H,7,10)(H3,6,8,9). The van der Waals surface area contributed by atoms with Gasteiger partial charge in [0, 0.05) is 13.5 Å². The zero-order valence-electron chi connectivity index (χ0n) is 6.29. The maximum absolute atomic E-state index is 10.6. The first-order chi connectivity index (χ1) is 5.20. The summed E-state index contributed by atoms with van der Waals surface area (Å²) in [5, 5.41) is 10.6. The first-order valence-corrected chi connectivity index (χ1v) is 3.11. The third-order valence-corrected chi connectivity index (χ3v) is 1.01. The van der Waals surface area contributed by atoms with Gasteiger partial charge in [0.1, 0.15) is 0 Å². The van der Waals surface area contributed by atoms with E-state index in [0.717, 1.165) is 0 Å². The van der Waals surface area contributed by atoms with E-state index in [1.54, 1.807) is 12.5 Å². The molecule has 0 radical (unpaired) electrons. The van der Waals surface area contributed by atoms with Crippen molar-refractivity contribution in [2.45, 2.75) is 6.42 Å². The molecule has 0 unspecified atom stereocenters. The quantitative estimate of drug-likeness (QED) is 0.227. The molecule has 0 aliphatic heterocycles. The van der Waals surface area contributed by atoms with Crippen LogP contribution >= 0.6 is 0 Å². The minimum atomic E-state index is -0.112. The third kappa shape index (κ3) is 5.16. The first kappa shape index (κ1) is 9.70. The maximum atomic E-state index is 10.6. The number of nitrogens with zero attached hydrogens (tertiary/aromatic N) is 1. The van der Waals surface area contributed by atoms with Gasteiger partial charge in [0.05, 0.1) is 6.54 Å². The molecule has 0 bridgehead atoms. The van der Waals surface area contributed by atoms with Crippen LogP contribution < -0.4 is 16.5 Å². The van der Waals surface area contributed by atoms with Crippen LogP contribution in [0.4, 0.5) is 0 Å². The van der Waals surface area contributed by atoms with Crippen molar-refractivity contribution >= 4 is 11.9 Å². The number of hydrogen-bond donors (Lipinski definition) is 4. The van der Waals surface area contributed by atoms with Gasteiger partial charge in [-0.15, -0.1) is 0 Å². The summed E-state index contributed by atoms with van der Waals surface area (Å²) < 4.78 is 0. The lowest BCUT2D eigenvalue weighted by atomic mass is 10.4. The molecule has 64 valence electrons. The summed E-state index contributed by atoms with van der Waals surface area (Å²) >= 11 is 0. The van der Waals surface area contributed by atoms with E-state index in [0.29, 0.717) is 0 Å². The van der Waals surface area contributed by atoms with E-state index in [1.807, 2.05) is 0 Å². The highest BCUT2D eigenvalue weighted by atomic mass is 16.5. The Labute approximate surface area is 64.4 Å². The van der Waals surface area contributed by atoms with Crippen molar-refractivity contribution in [1.29, 1.82) is 0 Å². The molecule has 5 N–H and O–H groups in total. The monoisotopic (exact) mass is 160 g/mol. The number of rotatable bonds is 3. The second-order valence-corrected chi connectivity index (χ2v) is 1.80. The third-order valence-electron chi connectivity index (χ3n) is 1.01. The molecule has 0 saturated heterocycles. The van der Waals surface area contributed by atoms with Crippen LogP contribution in [-0.2, 0) is 4.79 Å². The number of hydroxylamine groups is 1. The Morgan fingerprint density at radius 3 is 2.82 bits per heavy atom. The molecule has 11 heavy (non-hydrogen) atoms. The molecule has 0 atom stereocenters. The molecular weight excluding hydrogens is 148 g/mol. The molecule has 0 spiro atoms. The molecule has 0 aliphatic rings. The SMILES string of the molecule is CNC(=O)CCN=C(N)NO. The van der Waals surface area contributed by atoms with E-state index >= 15 is 0 Å². The van der Waals surface area contributed by atoms with Gasteiger partial charge in [-0.2, -0.15) is 0 Å². The Kier molecular flexibility index (Phi) is 4.83. The highest BCUT2D eigenvalue weighted by molar-refractivity contribution is 5.78. The molecule has 0 saturated carbocycles. The van der Waals surface area contributed by atoms with Gasteiger partial charge in [-0.05, 0) is 0 Å². The summed E-state index contributed by atoms with van der Waals surface area (Å²) in [7, 11) is 1.54. The average Bonchev–Trinajstić information content (AvgIpc) is 2.04. The summed E-state index contributed by atoms with van der Waals surface area (Å²) in [6.07, 6.45) is 0.263. The molecule has 0 aliphatic carbocycles. The normalized spacial score (nSPS) is 10.9. The van der Waals surface area contributed by atoms with E-state index in [9.17, 15) is 4.79 Å². The summed E-state index contributed by atoms with van der Waals surface area (Å²) in [6, 6.07) is 0. The van der Waals surface area contributed by atoms with Gasteiger partial charge < -0.3 is 11.1 Å². The van der Waals surface area contributed by atoms with Gasteiger partial charge in [0.25, 0.3) is 0 Å². The minimum Gasteiger partial charge on any atom is -0.368 e. The van der Waals surface area contributed by atoms with Gasteiger partial charge in [-0.3, -0.25) is 15.0 Å². The number of aliphatic imine (C=N–C) groups is 1.